The summed E-state index contributed by atoms with van der Waals surface area (Å²) in [7, 11) is 0. The molecule has 2 fully saturated rings. The van der Waals surface area contributed by atoms with Gasteiger partial charge in [0.15, 0.2) is 0 Å². The number of carbonyl (C=O) groups is 2. The van der Waals surface area contributed by atoms with Gasteiger partial charge in [0, 0.05) is 38.0 Å². The molecule has 2 aliphatic heterocycles. The predicted molar refractivity (Wildman–Crippen MR) is 118 cm³/mol. The predicted octanol–water partition coefficient (Wildman–Crippen LogP) is 5.07. The van der Waals surface area contributed by atoms with E-state index in [2.05, 4.69) is 32.6 Å². The van der Waals surface area contributed by atoms with Gasteiger partial charge < -0.3 is 9.80 Å². The molecule has 4 heteroatoms. The highest BCUT2D eigenvalue weighted by molar-refractivity contribution is 5.78. The maximum absolute atomic E-state index is 11.8. The highest BCUT2D eigenvalue weighted by Crippen LogP contribution is 2.25. The van der Waals surface area contributed by atoms with Crippen LogP contribution in [0, 0.1) is 35.5 Å². The highest BCUT2D eigenvalue weighted by Gasteiger charge is 2.27. The van der Waals surface area contributed by atoms with Crippen molar-refractivity contribution in [3.8, 4) is 0 Å². The van der Waals surface area contributed by atoms with Crippen LogP contribution in [-0.4, -0.2) is 47.8 Å². The lowest BCUT2D eigenvalue weighted by atomic mass is 9.86. The third-order valence-corrected chi connectivity index (χ3v) is 6.49. The Hall–Kier alpha value is -1.06. The van der Waals surface area contributed by atoms with Crippen molar-refractivity contribution in [1.82, 2.24) is 9.80 Å². The molecule has 2 aliphatic rings. The van der Waals surface area contributed by atoms with Gasteiger partial charge in [0.25, 0.3) is 0 Å². The van der Waals surface area contributed by atoms with Crippen LogP contribution in [-0.2, 0) is 9.59 Å². The second kappa shape index (κ2) is 11.8. The Balaban J connectivity index is 0.000000280. The van der Waals surface area contributed by atoms with Crippen LogP contribution >= 0.6 is 0 Å². The number of hydrogen-bond donors (Lipinski definition) is 0. The third-order valence-electron chi connectivity index (χ3n) is 6.49. The van der Waals surface area contributed by atoms with E-state index in [0.29, 0.717) is 23.7 Å². The largest absolute Gasteiger partial charge is 0.342 e. The van der Waals surface area contributed by atoms with Crippen LogP contribution in [0.25, 0.3) is 0 Å². The minimum absolute atomic E-state index is 0.154. The summed E-state index contributed by atoms with van der Waals surface area (Å²) in [4.78, 5) is 27.6. The number of rotatable bonds is 4. The number of hydrogen-bond acceptors (Lipinski definition) is 2. The van der Waals surface area contributed by atoms with Crippen molar-refractivity contribution < 1.29 is 9.59 Å². The maximum atomic E-state index is 11.8. The van der Waals surface area contributed by atoms with Crippen molar-refractivity contribution in [2.75, 3.05) is 26.2 Å². The lowest BCUT2D eigenvalue weighted by molar-refractivity contribution is -0.137. The third kappa shape index (κ3) is 7.75. The Morgan fingerprint density at radius 2 is 1.11 bits per heavy atom. The van der Waals surface area contributed by atoms with E-state index in [4.69, 9.17) is 0 Å². The molecule has 2 amide bonds. The molecule has 28 heavy (non-hydrogen) atoms. The molecule has 0 aromatic heterocycles. The molecule has 2 rings (SSSR count). The first-order chi connectivity index (χ1) is 13.0. The van der Waals surface area contributed by atoms with E-state index in [1.54, 1.807) is 0 Å². The Morgan fingerprint density at radius 1 is 0.643 bits per heavy atom. The van der Waals surface area contributed by atoms with Crippen LogP contribution in [0.4, 0.5) is 0 Å². The summed E-state index contributed by atoms with van der Waals surface area (Å²) in [6, 6.07) is 0. The molecule has 164 valence electrons. The molecule has 0 aromatic carbocycles. The van der Waals surface area contributed by atoms with Crippen LogP contribution in [0.15, 0.2) is 0 Å². The molecule has 0 aliphatic carbocycles. The average Bonchev–Trinajstić information content (AvgIpc) is 2.67. The molecule has 1 unspecified atom stereocenters. The zero-order chi connectivity index (χ0) is 21.4. The normalized spacial score (nSPS) is 21.4. The van der Waals surface area contributed by atoms with Gasteiger partial charge in [-0.25, -0.2) is 0 Å². The fraction of sp³-hybridized carbons (Fsp3) is 0.917. The van der Waals surface area contributed by atoms with Crippen molar-refractivity contribution in [3.05, 3.63) is 0 Å². The van der Waals surface area contributed by atoms with Gasteiger partial charge in [-0.3, -0.25) is 9.59 Å². The minimum atomic E-state index is 0.154. The van der Waals surface area contributed by atoms with Gasteiger partial charge in [-0.15, -0.1) is 0 Å². The van der Waals surface area contributed by atoms with Crippen LogP contribution in [0.1, 0.15) is 81.1 Å². The number of carbonyl (C=O) groups excluding carboxylic acids is 2. The Labute approximate surface area is 174 Å². The van der Waals surface area contributed by atoms with Crippen LogP contribution in [0.3, 0.4) is 0 Å². The average molecular weight is 395 g/mol. The number of piperidine rings is 2. The van der Waals surface area contributed by atoms with Gasteiger partial charge in [-0.2, -0.15) is 0 Å². The number of amides is 2. The Kier molecular flexibility index (Phi) is 10.5. The first kappa shape index (κ1) is 25.0. The fourth-order valence-electron chi connectivity index (χ4n) is 4.27. The fourth-order valence-corrected chi connectivity index (χ4v) is 4.27. The van der Waals surface area contributed by atoms with E-state index in [9.17, 15) is 9.59 Å². The molecule has 0 saturated carbocycles. The van der Waals surface area contributed by atoms with Gasteiger partial charge in [-0.1, -0.05) is 55.4 Å². The number of likely N-dealkylation sites (tertiary alicyclic amines) is 2. The molecule has 0 spiro atoms. The van der Waals surface area contributed by atoms with Crippen molar-refractivity contribution in [1.29, 1.82) is 0 Å². The van der Waals surface area contributed by atoms with E-state index >= 15 is 0 Å². The molecule has 2 saturated heterocycles. The summed E-state index contributed by atoms with van der Waals surface area (Å²) in [6.45, 7) is 20.9. The maximum Gasteiger partial charge on any atom is 0.225 e. The number of nitrogens with zero attached hydrogens (tertiary/aromatic N) is 2. The highest BCUT2D eigenvalue weighted by atomic mass is 16.2. The van der Waals surface area contributed by atoms with Crippen LogP contribution in [0.5, 0.6) is 0 Å². The van der Waals surface area contributed by atoms with Gasteiger partial charge in [-0.05, 0) is 49.4 Å². The Bertz CT molecular complexity index is 477. The summed E-state index contributed by atoms with van der Waals surface area (Å²) >= 11 is 0. The Morgan fingerprint density at radius 3 is 1.54 bits per heavy atom. The summed E-state index contributed by atoms with van der Waals surface area (Å²) in [6.07, 6.45) is 4.85. The first-order valence-corrected chi connectivity index (χ1v) is 11.6. The van der Waals surface area contributed by atoms with Gasteiger partial charge >= 0.3 is 0 Å². The molecule has 0 aromatic rings. The van der Waals surface area contributed by atoms with E-state index in [0.717, 1.165) is 38.0 Å². The second-order valence-corrected chi connectivity index (χ2v) is 10.1. The summed E-state index contributed by atoms with van der Waals surface area (Å²) < 4.78 is 0. The van der Waals surface area contributed by atoms with Crippen molar-refractivity contribution in [3.63, 3.8) is 0 Å². The van der Waals surface area contributed by atoms with Crippen molar-refractivity contribution in [2.45, 2.75) is 81.1 Å². The molecule has 0 bridgehead atoms. The monoisotopic (exact) mass is 394 g/mol. The van der Waals surface area contributed by atoms with Crippen molar-refractivity contribution in [2.24, 2.45) is 35.5 Å². The first-order valence-electron chi connectivity index (χ1n) is 11.6. The summed E-state index contributed by atoms with van der Waals surface area (Å²) in [5.74, 6) is 3.98. The molecule has 0 radical (unpaired) electrons. The lowest BCUT2D eigenvalue weighted by Crippen LogP contribution is -2.43. The van der Waals surface area contributed by atoms with Crippen LogP contribution < -0.4 is 0 Å². The van der Waals surface area contributed by atoms with E-state index in [1.165, 1.54) is 25.7 Å². The topological polar surface area (TPSA) is 40.6 Å². The minimum Gasteiger partial charge on any atom is -0.342 e. The quantitative estimate of drug-likeness (QED) is 0.667. The smallest absolute Gasteiger partial charge is 0.225 e. The standard InChI is InChI=1S/2C12H23NO/c1-9(2)11-5-7-13(8-6-11)12(14)10(3)4;1-9(2)11-6-5-7-13(8-11)12(14)10(3)4/h2*9-11H,5-8H2,1-4H3. The summed E-state index contributed by atoms with van der Waals surface area (Å²) in [5.41, 5.74) is 0. The zero-order valence-electron chi connectivity index (χ0n) is 19.8. The van der Waals surface area contributed by atoms with Gasteiger partial charge in [0.05, 0.1) is 0 Å². The van der Waals surface area contributed by atoms with E-state index in [-0.39, 0.29) is 11.8 Å². The summed E-state index contributed by atoms with van der Waals surface area (Å²) in [5, 5.41) is 0. The molecule has 0 N–H and O–H groups in total. The molecule has 1 atom stereocenters. The zero-order valence-corrected chi connectivity index (χ0v) is 19.8. The second-order valence-electron chi connectivity index (χ2n) is 10.1. The van der Waals surface area contributed by atoms with E-state index in [1.807, 2.05) is 32.6 Å². The van der Waals surface area contributed by atoms with Gasteiger partial charge in [0.2, 0.25) is 11.8 Å². The molecular formula is C24H46N2O2. The molecule has 4 nitrogen and oxygen atoms in total. The van der Waals surface area contributed by atoms with Crippen molar-refractivity contribution >= 4 is 11.8 Å². The van der Waals surface area contributed by atoms with E-state index < -0.39 is 0 Å². The SMILES string of the molecule is CC(C)C(=O)N1CCC(C(C)C)CC1.CC(C)C(=O)N1CCCC(C(C)C)C1. The lowest BCUT2D eigenvalue weighted by Gasteiger charge is -2.35. The van der Waals surface area contributed by atoms with Crippen LogP contribution in [0.2, 0.25) is 0 Å². The van der Waals surface area contributed by atoms with Gasteiger partial charge in [0.1, 0.15) is 0 Å². The molecule has 2 heterocycles. The molecular weight excluding hydrogens is 348 g/mol.